The van der Waals surface area contributed by atoms with Crippen LogP contribution in [0.5, 0.6) is 0 Å². The van der Waals surface area contributed by atoms with Crippen molar-refractivity contribution in [1.29, 1.82) is 0 Å². The van der Waals surface area contributed by atoms with Crippen LogP contribution in [0.1, 0.15) is 17.0 Å². The van der Waals surface area contributed by atoms with Gasteiger partial charge >= 0.3 is 0 Å². The number of anilines is 1. The molecule has 3 rings (SSSR count). The number of aryl methyl sites for hydroxylation is 3. The summed E-state index contributed by atoms with van der Waals surface area (Å²) in [6, 6.07) is 8.04. The number of para-hydroxylation sites is 1. The monoisotopic (exact) mass is 314 g/mol. The smallest absolute Gasteiger partial charge is 0.235 e. The van der Waals surface area contributed by atoms with E-state index in [1.165, 1.54) is 11.9 Å². The molecule has 1 amide bonds. The molecular weight excluding hydrogens is 295 g/mol. The van der Waals surface area contributed by atoms with Crippen molar-refractivity contribution in [3.63, 3.8) is 0 Å². The van der Waals surface area contributed by atoms with Crippen LogP contribution in [0.4, 0.5) is 10.1 Å². The first kappa shape index (κ1) is 15.3. The predicted octanol–water partition coefficient (Wildman–Crippen LogP) is 2.86. The third kappa shape index (κ3) is 2.60. The summed E-state index contributed by atoms with van der Waals surface area (Å²) < 4.78 is 15.3. The minimum Gasteiger partial charge on any atom is -0.358 e. The van der Waals surface area contributed by atoms with Crippen LogP contribution in [0.2, 0.25) is 0 Å². The number of nitrogens with one attached hydrogen (secondary N) is 1. The topological polar surface area (TPSA) is 53.9 Å². The zero-order valence-electron chi connectivity index (χ0n) is 13.4. The molecule has 120 valence electrons. The van der Waals surface area contributed by atoms with Crippen LogP contribution in [0, 0.1) is 19.8 Å². The Kier molecular flexibility index (Phi) is 3.90. The Labute approximate surface area is 133 Å². The molecule has 0 unspecified atom stereocenters. The summed E-state index contributed by atoms with van der Waals surface area (Å²) in [5.41, 5.74) is 4.05. The molecule has 0 saturated carbocycles. The summed E-state index contributed by atoms with van der Waals surface area (Å²) in [6.45, 7) is 4.11. The molecule has 3 aromatic rings. The van der Waals surface area contributed by atoms with E-state index in [1.54, 1.807) is 6.92 Å². The van der Waals surface area contributed by atoms with Crippen molar-refractivity contribution in [2.75, 3.05) is 11.4 Å². The van der Waals surface area contributed by atoms with E-state index in [2.05, 4.69) is 16.1 Å². The van der Waals surface area contributed by atoms with Crippen LogP contribution in [0.15, 0.2) is 24.3 Å². The van der Waals surface area contributed by atoms with Gasteiger partial charge in [0.15, 0.2) is 0 Å². The van der Waals surface area contributed by atoms with Crippen LogP contribution in [0.25, 0.3) is 10.9 Å². The van der Waals surface area contributed by atoms with Gasteiger partial charge in [-0.1, -0.05) is 18.2 Å². The number of H-pyrrole nitrogens is 1. The van der Waals surface area contributed by atoms with E-state index < -0.39 is 5.95 Å². The van der Waals surface area contributed by atoms with Gasteiger partial charge in [-0.25, -0.2) is 4.68 Å². The number of fused-ring (bicyclic) bond motifs is 1. The Balaban J connectivity index is 1.88. The van der Waals surface area contributed by atoms with Crippen molar-refractivity contribution in [2.24, 2.45) is 7.05 Å². The van der Waals surface area contributed by atoms with Gasteiger partial charge in [0, 0.05) is 30.2 Å². The second kappa shape index (κ2) is 5.87. The van der Waals surface area contributed by atoms with Crippen molar-refractivity contribution >= 4 is 23.0 Å². The van der Waals surface area contributed by atoms with Gasteiger partial charge in [-0.15, -0.1) is 0 Å². The van der Waals surface area contributed by atoms with E-state index in [0.717, 1.165) is 26.8 Å². The predicted molar refractivity (Wildman–Crippen MR) is 88.1 cm³/mol. The van der Waals surface area contributed by atoms with Crippen LogP contribution in [-0.2, 0) is 18.3 Å². The number of hydrogen-bond donors (Lipinski definition) is 1. The van der Waals surface area contributed by atoms with E-state index >= 15 is 0 Å². The molecule has 0 spiro atoms. The number of halogens is 1. The van der Waals surface area contributed by atoms with Crippen LogP contribution in [0.3, 0.4) is 0 Å². The first-order valence-corrected chi connectivity index (χ1v) is 7.50. The molecule has 2 aromatic heterocycles. The van der Waals surface area contributed by atoms with Crippen LogP contribution in [-0.4, -0.2) is 27.7 Å². The minimum absolute atomic E-state index is 0.250. The fourth-order valence-electron chi connectivity index (χ4n) is 3.05. The van der Waals surface area contributed by atoms with Crippen molar-refractivity contribution in [3.05, 3.63) is 47.2 Å². The third-order valence-electron chi connectivity index (χ3n) is 4.17. The summed E-state index contributed by atoms with van der Waals surface area (Å²) in [4.78, 5) is 16.2. The largest absolute Gasteiger partial charge is 0.358 e. The summed E-state index contributed by atoms with van der Waals surface area (Å²) in [7, 11) is 1.53. The summed E-state index contributed by atoms with van der Waals surface area (Å²) >= 11 is 0. The minimum atomic E-state index is -0.495. The Morgan fingerprint density at radius 2 is 2.09 bits per heavy atom. The lowest BCUT2D eigenvalue weighted by atomic mass is 10.1. The number of carbonyl (C=O) groups excluding carboxylic acids is 1. The van der Waals surface area contributed by atoms with Gasteiger partial charge in [-0.3, -0.25) is 4.79 Å². The normalized spacial score (nSPS) is 11.1. The second-order valence-electron chi connectivity index (χ2n) is 5.67. The molecule has 1 aromatic carbocycles. The first-order valence-electron chi connectivity index (χ1n) is 7.50. The van der Waals surface area contributed by atoms with Gasteiger partial charge in [-0.05, 0) is 31.9 Å². The number of aromatic amines is 1. The number of aromatic nitrogens is 3. The van der Waals surface area contributed by atoms with Crippen molar-refractivity contribution in [3.8, 4) is 0 Å². The third-order valence-corrected chi connectivity index (χ3v) is 4.17. The van der Waals surface area contributed by atoms with E-state index in [-0.39, 0.29) is 5.69 Å². The fourth-order valence-corrected chi connectivity index (χ4v) is 3.05. The fraction of sp³-hybridized carbons (Fsp3) is 0.294. The maximum Gasteiger partial charge on any atom is 0.235 e. The first-order chi connectivity index (χ1) is 11.0. The molecule has 1 N–H and O–H groups in total. The Morgan fingerprint density at radius 1 is 1.35 bits per heavy atom. The highest BCUT2D eigenvalue weighted by molar-refractivity contribution is 5.85. The number of benzene rings is 1. The Bertz CT molecular complexity index is 865. The Morgan fingerprint density at radius 3 is 2.74 bits per heavy atom. The number of rotatable bonds is 5. The number of amides is 1. The molecule has 0 bridgehead atoms. The second-order valence-corrected chi connectivity index (χ2v) is 5.67. The number of carbonyl (C=O) groups is 1. The van der Waals surface area contributed by atoms with E-state index in [4.69, 9.17) is 0 Å². The molecule has 5 nitrogen and oxygen atoms in total. The SMILES string of the molecule is Cc1nn(C)c(F)c1N(C=O)CCc1c(C)[nH]c2ccccc12. The molecule has 0 fully saturated rings. The lowest BCUT2D eigenvalue weighted by Gasteiger charge is -2.16. The highest BCUT2D eigenvalue weighted by atomic mass is 19.1. The van der Waals surface area contributed by atoms with Gasteiger partial charge in [0.05, 0.1) is 5.69 Å². The average Bonchev–Trinajstić information content (AvgIpc) is 2.98. The molecule has 0 aliphatic rings. The standard InChI is InChI=1S/C17H19FN4O/c1-11-13(14-6-4-5-7-15(14)19-11)8-9-22(10-23)16-12(2)20-21(3)17(16)18/h4-7,10,19H,8-9H2,1-3H3. The zero-order valence-corrected chi connectivity index (χ0v) is 13.4. The van der Waals surface area contributed by atoms with E-state index in [0.29, 0.717) is 25.1 Å². The molecule has 0 atom stereocenters. The summed E-state index contributed by atoms with van der Waals surface area (Å²) in [6.07, 6.45) is 1.31. The van der Waals surface area contributed by atoms with Crippen molar-refractivity contribution in [2.45, 2.75) is 20.3 Å². The summed E-state index contributed by atoms with van der Waals surface area (Å²) in [5.74, 6) is -0.495. The molecule has 0 radical (unpaired) electrons. The van der Waals surface area contributed by atoms with Crippen molar-refractivity contribution < 1.29 is 9.18 Å². The maximum absolute atomic E-state index is 14.2. The maximum atomic E-state index is 14.2. The lowest BCUT2D eigenvalue weighted by Crippen LogP contribution is -2.25. The molecule has 0 aliphatic carbocycles. The number of hydrogen-bond acceptors (Lipinski definition) is 2. The van der Waals surface area contributed by atoms with Crippen molar-refractivity contribution in [1.82, 2.24) is 14.8 Å². The summed E-state index contributed by atoms with van der Waals surface area (Å²) in [5, 5.41) is 5.17. The Hall–Kier alpha value is -2.63. The van der Waals surface area contributed by atoms with Crippen LogP contribution >= 0.6 is 0 Å². The highest BCUT2D eigenvalue weighted by Crippen LogP contribution is 2.25. The highest BCUT2D eigenvalue weighted by Gasteiger charge is 2.20. The van der Waals surface area contributed by atoms with Crippen LogP contribution < -0.4 is 4.90 Å². The van der Waals surface area contributed by atoms with Gasteiger partial charge in [-0.2, -0.15) is 9.49 Å². The van der Waals surface area contributed by atoms with E-state index in [1.807, 2.05) is 25.1 Å². The molecule has 0 saturated heterocycles. The van der Waals surface area contributed by atoms with E-state index in [9.17, 15) is 9.18 Å². The van der Waals surface area contributed by atoms with Gasteiger partial charge < -0.3 is 9.88 Å². The molecule has 23 heavy (non-hydrogen) atoms. The van der Waals surface area contributed by atoms with Gasteiger partial charge in [0.2, 0.25) is 12.4 Å². The van der Waals surface area contributed by atoms with Gasteiger partial charge in [0.25, 0.3) is 0 Å². The molecular formula is C17H19FN4O. The molecule has 0 aliphatic heterocycles. The molecule has 2 heterocycles. The van der Waals surface area contributed by atoms with Gasteiger partial charge in [0.1, 0.15) is 5.69 Å². The average molecular weight is 314 g/mol. The molecule has 6 heteroatoms. The number of nitrogens with zero attached hydrogens (tertiary/aromatic N) is 3. The quantitative estimate of drug-likeness (QED) is 0.736. The lowest BCUT2D eigenvalue weighted by molar-refractivity contribution is -0.107. The zero-order chi connectivity index (χ0) is 16.6.